The predicted octanol–water partition coefficient (Wildman–Crippen LogP) is 1.72. The van der Waals surface area contributed by atoms with Crippen LogP contribution in [0.1, 0.15) is 0 Å². The van der Waals surface area contributed by atoms with Gasteiger partial charge in [-0.2, -0.15) is 4.98 Å². The van der Waals surface area contributed by atoms with Crippen LogP contribution in [0.2, 0.25) is 5.28 Å². The fraction of sp³-hybridized carbons (Fsp3) is 0.429. The molecule has 0 saturated carbocycles. The van der Waals surface area contributed by atoms with Gasteiger partial charge >= 0.3 is 0 Å². The quantitative estimate of drug-likeness (QED) is 0.679. The van der Waals surface area contributed by atoms with Gasteiger partial charge in [-0.15, -0.1) is 0 Å². The molecular formula is C7H5ClF3N3. The molecule has 0 unspecified atom stereocenters. The fourth-order valence-electron chi connectivity index (χ4n) is 1.22. The van der Waals surface area contributed by atoms with E-state index < -0.39 is 24.8 Å². The fourth-order valence-corrected chi connectivity index (χ4v) is 1.35. The van der Waals surface area contributed by atoms with Crippen LogP contribution < -0.4 is 4.90 Å². The van der Waals surface area contributed by atoms with Crippen LogP contribution in [0.4, 0.5) is 19.0 Å². The Morgan fingerprint density at radius 3 is 2.64 bits per heavy atom. The third-order valence-electron chi connectivity index (χ3n) is 1.84. The monoisotopic (exact) mass is 223 g/mol. The highest BCUT2D eigenvalue weighted by molar-refractivity contribution is 6.28. The van der Waals surface area contributed by atoms with E-state index in [9.17, 15) is 13.2 Å². The first kappa shape index (κ1) is 9.51. The number of halogens is 4. The molecule has 76 valence electrons. The first-order valence-electron chi connectivity index (χ1n) is 3.79. The van der Waals surface area contributed by atoms with Crippen molar-refractivity contribution in [3.8, 4) is 0 Å². The molecule has 14 heavy (non-hydrogen) atoms. The van der Waals surface area contributed by atoms with E-state index in [0.29, 0.717) is 0 Å². The number of aromatic nitrogens is 2. The maximum absolute atomic E-state index is 13.0. The summed E-state index contributed by atoms with van der Waals surface area (Å²) in [7, 11) is 0. The van der Waals surface area contributed by atoms with E-state index in [1.807, 2.05) is 0 Å². The molecule has 0 radical (unpaired) electrons. The zero-order valence-corrected chi connectivity index (χ0v) is 7.60. The van der Waals surface area contributed by atoms with Gasteiger partial charge in [-0.1, -0.05) is 0 Å². The highest BCUT2D eigenvalue weighted by Crippen LogP contribution is 2.31. The Balaban J connectivity index is 2.22. The molecule has 0 aromatic carbocycles. The summed E-state index contributed by atoms with van der Waals surface area (Å²) in [5.74, 6) is -3.68. The molecule has 7 heteroatoms. The topological polar surface area (TPSA) is 29.0 Å². The number of nitrogens with zero attached hydrogens (tertiary/aromatic N) is 3. The average molecular weight is 224 g/mol. The molecular weight excluding hydrogens is 219 g/mol. The SMILES string of the molecule is Fc1cnc(Cl)nc1N1CC(F)(F)C1. The number of hydrogen-bond donors (Lipinski definition) is 0. The minimum atomic E-state index is -2.76. The molecule has 0 N–H and O–H groups in total. The van der Waals surface area contributed by atoms with Crippen LogP contribution >= 0.6 is 11.6 Å². The molecule has 1 saturated heterocycles. The van der Waals surface area contributed by atoms with Crippen LogP contribution in [0.5, 0.6) is 0 Å². The molecule has 0 bridgehead atoms. The largest absolute Gasteiger partial charge is 0.342 e. The maximum Gasteiger partial charge on any atom is 0.282 e. The minimum Gasteiger partial charge on any atom is -0.342 e. The average Bonchev–Trinajstić information content (AvgIpc) is 2.05. The van der Waals surface area contributed by atoms with Crippen LogP contribution in [-0.2, 0) is 0 Å². The molecule has 0 atom stereocenters. The van der Waals surface area contributed by atoms with Crippen molar-refractivity contribution in [2.45, 2.75) is 5.92 Å². The molecule has 3 nitrogen and oxygen atoms in total. The van der Waals surface area contributed by atoms with Gasteiger partial charge in [-0.05, 0) is 11.6 Å². The second kappa shape index (κ2) is 2.98. The Kier molecular flexibility index (Phi) is 2.02. The Morgan fingerprint density at radius 1 is 1.43 bits per heavy atom. The molecule has 0 amide bonds. The van der Waals surface area contributed by atoms with Gasteiger partial charge in [0, 0.05) is 0 Å². The standard InChI is InChI=1S/C7H5ClF3N3/c8-6-12-1-4(9)5(13-6)14-2-7(10,11)3-14/h1H,2-3H2. The van der Waals surface area contributed by atoms with Crippen molar-refractivity contribution >= 4 is 17.4 Å². The summed E-state index contributed by atoms with van der Waals surface area (Å²) >= 11 is 5.41. The highest BCUT2D eigenvalue weighted by Gasteiger charge is 2.45. The van der Waals surface area contributed by atoms with E-state index in [0.717, 1.165) is 11.1 Å². The molecule has 2 heterocycles. The van der Waals surface area contributed by atoms with Gasteiger partial charge < -0.3 is 4.90 Å². The van der Waals surface area contributed by atoms with E-state index in [2.05, 4.69) is 9.97 Å². The number of alkyl halides is 2. The molecule has 0 aliphatic carbocycles. The molecule has 2 rings (SSSR count). The van der Waals surface area contributed by atoms with Crippen LogP contribution in [0, 0.1) is 5.82 Å². The van der Waals surface area contributed by atoms with Crippen LogP contribution in [0.15, 0.2) is 6.20 Å². The third-order valence-corrected chi connectivity index (χ3v) is 2.02. The lowest BCUT2D eigenvalue weighted by Gasteiger charge is -2.39. The van der Waals surface area contributed by atoms with Gasteiger partial charge in [-0.25, -0.2) is 18.2 Å². The lowest BCUT2D eigenvalue weighted by atomic mass is 10.1. The van der Waals surface area contributed by atoms with Crippen molar-refractivity contribution in [1.29, 1.82) is 0 Å². The lowest BCUT2D eigenvalue weighted by molar-refractivity contribution is -0.0270. The summed E-state index contributed by atoms with van der Waals surface area (Å²) in [5, 5.41) is -0.156. The zero-order valence-electron chi connectivity index (χ0n) is 6.85. The van der Waals surface area contributed by atoms with Gasteiger partial charge in [-0.3, -0.25) is 0 Å². The first-order chi connectivity index (χ1) is 6.48. The second-order valence-corrected chi connectivity index (χ2v) is 3.36. The van der Waals surface area contributed by atoms with E-state index in [1.165, 1.54) is 0 Å². The van der Waals surface area contributed by atoms with Gasteiger partial charge in [0.05, 0.1) is 19.3 Å². The summed E-state index contributed by atoms with van der Waals surface area (Å²) in [6, 6.07) is 0. The third kappa shape index (κ3) is 1.61. The van der Waals surface area contributed by atoms with E-state index >= 15 is 0 Å². The zero-order chi connectivity index (χ0) is 10.3. The van der Waals surface area contributed by atoms with E-state index in [-0.39, 0.29) is 11.1 Å². The number of rotatable bonds is 1. The number of anilines is 1. The minimum absolute atomic E-state index is 0.156. The summed E-state index contributed by atoms with van der Waals surface area (Å²) < 4.78 is 38.0. The van der Waals surface area contributed by atoms with Crippen molar-refractivity contribution in [1.82, 2.24) is 9.97 Å². The molecule has 1 fully saturated rings. The summed E-state index contributed by atoms with van der Waals surface area (Å²) in [6.45, 7) is -1.06. The van der Waals surface area contributed by atoms with Gasteiger partial charge in [0.25, 0.3) is 5.92 Å². The normalized spacial score (nSPS) is 19.3. The summed E-state index contributed by atoms with van der Waals surface area (Å²) in [5.41, 5.74) is 0. The maximum atomic E-state index is 13.0. The summed E-state index contributed by atoms with van der Waals surface area (Å²) in [4.78, 5) is 8.03. The number of hydrogen-bond acceptors (Lipinski definition) is 3. The van der Waals surface area contributed by atoms with E-state index in [4.69, 9.17) is 11.6 Å². The van der Waals surface area contributed by atoms with Gasteiger partial charge in [0.2, 0.25) is 5.28 Å². The van der Waals surface area contributed by atoms with Crippen molar-refractivity contribution in [3.63, 3.8) is 0 Å². The Morgan fingerprint density at radius 2 is 2.07 bits per heavy atom. The smallest absolute Gasteiger partial charge is 0.282 e. The second-order valence-electron chi connectivity index (χ2n) is 3.02. The molecule has 1 aliphatic rings. The Hall–Kier alpha value is -1.04. The van der Waals surface area contributed by atoms with Crippen LogP contribution in [0.3, 0.4) is 0 Å². The Labute approximate surface area is 82.5 Å². The van der Waals surface area contributed by atoms with Crippen molar-refractivity contribution in [2.75, 3.05) is 18.0 Å². The highest BCUT2D eigenvalue weighted by atomic mass is 35.5. The van der Waals surface area contributed by atoms with Crippen molar-refractivity contribution in [3.05, 3.63) is 17.3 Å². The van der Waals surface area contributed by atoms with Crippen LogP contribution in [-0.4, -0.2) is 29.0 Å². The van der Waals surface area contributed by atoms with Crippen molar-refractivity contribution in [2.24, 2.45) is 0 Å². The van der Waals surface area contributed by atoms with Crippen LogP contribution in [0.25, 0.3) is 0 Å². The molecule has 1 aromatic rings. The molecule has 0 spiro atoms. The summed E-state index contributed by atoms with van der Waals surface area (Å²) in [6.07, 6.45) is 0.862. The van der Waals surface area contributed by atoms with Gasteiger partial charge in [0.15, 0.2) is 11.6 Å². The molecule has 1 aromatic heterocycles. The van der Waals surface area contributed by atoms with Gasteiger partial charge in [0.1, 0.15) is 0 Å². The predicted molar refractivity (Wildman–Crippen MR) is 44.2 cm³/mol. The van der Waals surface area contributed by atoms with E-state index in [1.54, 1.807) is 0 Å². The lowest BCUT2D eigenvalue weighted by Crippen LogP contribution is -2.57. The first-order valence-corrected chi connectivity index (χ1v) is 4.16. The Bertz CT molecular complexity index is 363. The van der Waals surface area contributed by atoms with Crippen molar-refractivity contribution < 1.29 is 13.2 Å². The molecule has 1 aliphatic heterocycles.